The van der Waals surface area contributed by atoms with Crippen molar-refractivity contribution in [2.24, 2.45) is 0 Å². The zero-order chi connectivity index (χ0) is 17.8. The van der Waals surface area contributed by atoms with Gasteiger partial charge in [0, 0.05) is 12.7 Å². The highest BCUT2D eigenvalue weighted by atomic mass is 19.1. The largest absolute Gasteiger partial charge is 0.354 e. The van der Waals surface area contributed by atoms with Gasteiger partial charge in [-0.1, -0.05) is 6.07 Å². The summed E-state index contributed by atoms with van der Waals surface area (Å²) in [6, 6.07) is 4.03. The van der Waals surface area contributed by atoms with Crippen molar-refractivity contribution in [3.63, 3.8) is 0 Å². The fourth-order valence-electron chi connectivity index (χ4n) is 2.58. The van der Waals surface area contributed by atoms with Gasteiger partial charge in [0.25, 0.3) is 0 Å². The monoisotopic (exact) mass is 349 g/mol. The molecule has 1 aliphatic rings. The third kappa shape index (κ3) is 3.93. The molecule has 3 amide bonds. The van der Waals surface area contributed by atoms with Crippen molar-refractivity contribution in [2.45, 2.75) is 25.4 Å². The Bertz CT molecular complexity index is 772. The molecule has 0 unspecified atom stereocenters. The molecule has 3 N–H and O–H groups in total. The number of aromatic nitrogens is 2. The Morgan fingerprint density at radius 3 is 2.80 bits per heavy atom. The normalized spacial score (nSPS) is 17.0. The molecule has 0 radical (unpaired) electrons. The number of rotatable bonds is 4. The van der Waals surface area contributed by atoms with Gasteiger partial charge in [0.15, 0.2) is 11.6 Å². The lowest BCUT2D eigenvalue weighted by Crippen LogP contribution is -2.52. The molecule has 1 aliphatic heterocycles. The quantitative estimate of drug-likeness (QED) is 0.776. The number of carbonyl (C=O) groups excluding carboxylic acids is 2. The Labute approximate surface area is 142 Å². The van der Waals surface area contributed by atoms with Gasteiger partial charge < -0.3 is 16.0 Å². The topological polar surface area (TPSA) is 88.1 Å². The molecular formula is C16H17F2N5O2. The number of halogens is 2. The van der Waals surface area contributed by atoms with Gasteiger partial charge in [-0.25, -0.2) is 18.3 Å². The second kappa shape index (κ2) is 7.29. The summed E-state index contributed by atoms with van der Waals surface area (Å²) in [6.07, 6.45) is 2.79. The van der Waals surface area contributed by atoms with Crippen molar-refractivity contribution < 1.29 is 18.4 Å². The number of benzene rings is 1. The summed E-state index contributed by atoms with van der Waals surface area (Å²) in [4.78, 5) is 23.4. The smallest absolute Gasteiger partial charge is 0.315 e. The molecule has 0 spiro atoms. The van der Waals surface area contributed by atoms with Crippen LogP contribution < -0.4 is 16.0 Å². The van der Waals surface area contributed by atoms with Crippen molar-refractivity contribution in [3.8, 4) is 5.69 Å². The molecule has 1 fully saturated rings. The Morgan fingerprint density at radius 2 is 2.08 bits per heavy atom. The lowest BCUT2D eigenvalue weighted by molar-refractivity contribution is -0.124. The molecule has 2 aromatic rings. The van der Waals surface area contributed by atoms with E-state index in [-0.39, 0.29) is 18.1 Å². The Hall–Kier alpha value is -2.97. The lowest BCUT2D eigenvalue weighted by Gasteiger charge is -2.22. The van der Waals surface area contributed by atoms with Gasteiger partial charge in [0.2, 0.25) is 5.91 Å². The summed E-state index contributed by atoms with van der Waals surface area (Å²) in [5.74, 6) is -1.67. The van der Waals surface area contributed by atoms with E-state index in [2.05, 4.69) is 21.0 Å². The number of hydrogen-bond donors (Lipinski definition) is 3. The van der Waals surface area contributed by atoms with Gasteiger partial charge in [-0.05, 0) is 31.0 Å². The van der Waals surface area contributed by atoms with Crippen LogP contribution in [-0.2, 0) is 11.3 Å². The minimum atomic E-state index is -0.733. The second-order valence-corrected chi connectivity index (χ2v) is 5.63. The SMILES string of the molecule is O=C(NCc1ccn(-c2c(F)cccc2F)n1)N[C@H]1CCCNC1=O. The molecule has 132 valence electrons. The Kier molecular flexibility index (Phi) is 4.92. The molecule has 7 nitrogen and oxygen atoms in total. The molecule has 0 saturated carbocycles. The number of carbonyl (C=O) groups is 2. The molecule has 0 aliphatic carbocycles. The predicted octanol–water partition coefficient (Wildman–Crippen LogP) is 1.23. The summed E-state index contributed by atoms with van der Waals surface area (Å²) < 4.78 is 28.6. The highest BCUT2D eigenvalue weighted by Crippen LogP contribution is 2.16. The first kappa shape index (κ1) is 16.9. The van der Waals surface area contributed by atoms with E-state index in [0.29, 0.717) is 18.7 Å². The molecule has 1 saturated heterocycles. The van der Waals surface area contributed by atoms with Crippen LogP contribution in [0.15, 0.2) is 30.5 Å². The minimum Gasteiger partial charge on any atom is -0.354 e. The maximum absolute atomic E-state index is 13.7. The first-order chi connectivity index (χ1) is 12.0. The number of hydrogen-bond acceptors (Lipinski definition) is 3. The maximum Gasteiger partial charge on any atom is 0.315 e. The van der Waals surface area contributed by atoms with E-state index >= 15 is 0 Å². The number of urea groups is 1. The molecule has 2 heterocycles. The number of nitrogens with one attached hydrogen (secondary N) is 3. The van der Waals surface area contributed by atoms with Gasteiger partial charge in [-0.15, -0.1) is 0 Å². The van der Waals surface area contributed by atoms with Crippen LogP contribution in [0, 0.1) is 11.6 Å². The first-order valence-electron chi connectivity index (χ1n) is 7.85. The zero-order valence-corrected chi connectivity index (χ0v) is 13.3. The highest BCUT2D eigenvalue weighted by Gasteiger charge is 2.23. The van der Waals surface area contributed by atoms with Crippen molar-refractivity contribution in [2.75, 3.05) is 6.54 Å². The molecule has 0 bridgehead atoms. The van der Waals surface area contributed by atoms with E-state index in [0.717, 1.165) is 23.2 Å². The number of amides is 3. The minimum absolute atomic E-state index is 0.0588. The van der Waals surface area contributed by atoms with Crippen molar-refractivity contribution >= 4 is 11.9 Å². The van der Waals surface area contributed by atoms with E-state index < -0.39 is 23.7 Å². The van der Waals surface area contributed by atoms with Gasteiger partial charge in [0.05, 0.1) is 12.2 Å². The van der Waals surface area contributed by atoms with Gasteiger partial charge in [0.1, 0.15) is 11.7 Å². The molecule has 25 heavy (non-hydrogen) atoms. The summed E-state index contributed by atoms with van der Waals surface area (Å²) in [7, 11) is 0. The van der Waals surface area contributed by atoms with Crippen LogP contribution in [-0.4, -0.2) is 34.3 Å². The van der Waals surface area contributed by atoms with Crippen molar-refractivity contribution in [1.82, 2.24) is 25.7 Å². The average Bonchev–Trinajstić information content (AvgIpc) is 3.04. The fourth-order valence-corrected chi connectivity index (χ4v) is 2.58. The van der Waals surface area contributed by atoms with Gasteiger partial charge in [-0.3, -0.25) is 4.79 Å². The summed E-state index contributed by atoms with van der Waals surface area (Å²) in [5, 5.41) is 11.9. The first-order valence-corrected chi connectivity index (χ1v) is 7.85. The van der Waals surface area contributed by atoms with Gasteiger partial charge >= 0.3 is 6.03 Å². The standard InChI is InChI=1S/C16H17F2N5O2/c17-11-3-1-4-12(18)14(11)23-8-6-10(22-23)9-20-16(25)21-13-5-2-7-19-15(13)24/h1,3-4,6,8,13H,2,5,7,9H2,(H,19,24)(H2,20,21,25)/t13-/m0/s1. The molecule has 1 aromatic heterocycles. The van der Waals surface area contributed by atoms with Crippen molar-refractivity contribution in [3.05, 3.63) is 47.8 Å². The van der Waals surface area contributed by atoms with Crippen LogP contribution >= 0.6 is 0 Å². The molecule has 1 aromatic carbocycles. The average molecular weight is 349 g/mol. The predicted molar refractivity (Wildman–Crippen MR) is 84.9 cm³/mol. The zero-order valence-electron chi connectivity index (χ0n) is 13.3. The number of nitrogens with zero attached hydrogens (tertiary/aromatic N) is 2. The highest BCUT2D eigenvalue weighted by molar-refractivity contribution is 5.87. The van der Waals surface area contributed by atoms with E-state index in [4.69, 9.17) is 0 Å². The van der Waals surface area contributed by atoms with Crippen LogP contribution in [0.4, 0.5) is 13.6 Å². The summed E-state index contributed by atoms with van der Waals surface area (Å²) in [5.41, 5.74) is 0.142. The van der Waals surface area contributed by atoms with Crippen LogP contribution in [0.25, 0.3) is 5.69 Å². The van der Waals surface area contributed by atoms with Crippen molar-refractivity contribution in [1.29, 1.82) is 0 Å². The van der Waals surface area contributed by atoms with Crippen LogP contribution in [0.3, 0.4) is 0 Å². The van der Waals surface area contributed by atoms with E-state index in [1.165, 1.54) is 12.3 Å². The van der Waals surface area contributed by atoms with Crippen LogP contribution in [0.2, 0.25) is 0 Å². The molecule has 3 rings (SSSR count). The molecule has 1 atom stereocenters. The molecule has 9 heteroatoms. The summed E-state index contributed by atoms with van der Waals surface area (Å²) >= 11 is 0. The summed E-state index contributed by atoms with van der Waals surface area (Å²) in [6.45, 7) is 0.673. The van der Waals surface area contributed by atoms with Crippen LogP contribution in [0.1, 0.15) is 18.5 Å². The van der Waals surface area contributed by atoms with Crippen LogP contribution in [0.5, 0.6) is 0 Å². The third-order valence-corrected chi connectivity index (χ3v) is 3.83. The third-order valence-electron chi connectivity index (χ3n) is 3.83. The number of piperidine rings is 1. The second-order valence-electron chi connectivity index (χ2n) is 5.63. The lowest BCUT2D eigenvalue weighted by atomic mass is 10.1. The van der Waals surface area contributed by atoms with E-state index in [1.54, 1.807) is 6.07 Å². The Balaban J connectivity index is 1.58. The van der Waals surface area contributed by atoms with E-state index in [9.17, 15) is 18.4 Å². The Morgan fingerprint density at radius 1 is 1.32 bits per heavy atom. The van der Waals surface area contributed by atoms with Gasteiger partial charge in [-0.2, -0.15) is 5.10 Å². The number of para-hydroxylation sites is 1. The molecular weight excluding hydrogens is 332 g/mol. The fraction of sp³-hybridized carbons (Fsp3) is 0.312. The maximum atomic E-state index is 13.7. The van der Waals surface area contributed by atoms with E-state index in [1.807, 2.05) is 0 Å².